The minimum absolute atomic E-state index is 0.0103. The van der Waals surface area contributed by atoms with Crippen molar-refractivity contribution in [1.29, 1.82) is 0 Å². The first-order chi connectivity index (χ1) is 9.89. The first kappa shape index (κ1) is 14.8. The van der Waals surface area contributed by atoms with Crippen molar-refractivity contribution in [3.8, 4) is 0 Å². The maximum Gasteiger partial charge on any atom is 0.416 e. The number of nitrogens with zero attached hydrogens (tertiary/aromatic N) is 2. The summed E-state index contributed by atoms with van der Waals surface area (Å²) in [4.78, 5) is 13.8. The zero-order chi connectivity index (χ0) is 15.5. The SMILES string of the molecule is O=[N+]([O-])c1cnccc1NCc1ccccc1C(F)(F)F. The van der Waals surface area contributed by atoms with Crippen LogP contribution in [0.2, 0.25) is 0 Å². The molecule has 0 saturated heterocycles. The number of rotatable bonds is 4. The Hall–Kier alpha value is -2.64. The standard InChI is InChI=1S/C13H10F3N3O2/c14-13(15,16)10-4-2-1-3-9(10)7-18-11-5-6-17-8-12(11)19(20)21/h1-6,8H,7H2,(H,17,18). The summed E-state index contributed by atoms with van der Waals surface area (Å²) in [6.45, 7) is -0.180. The number of pyridine rings is 1. The van der Waals surface area contributed by atoms with Crippen molar-refractivity contribution in [1.82, 2.24) is 4.98 Å². The fourth-order valence-electron chi connectivity index (χ4n) is 1.82. The van der Waals surface area contributed by atoms with Crippen LogP contribution in [0.15, 0.2) is 42.7 Å². The van der Waals surface area contributed by atoms with Gasteiger partial charge in [-0.1, -0.05) is 18.2 Å². The Balaban J connectivity index is 2.24. The molecule has 0 radical (unpaired) electrons. The highest BCUT2D eigenvalue weighted by molar-refractivity contribution is 5.59. The number of nitro groups is 1. The van der Waals surface area contributed by atoms with E-state index in [4.69, 9.17) is 0 Å². The van der Waals surface area contributed by atoms with Crippen LogP contribution in [0.3, 0.4) is 0 Å². The van der Waals surface area contributed by atoms with Crippen LogP contribution in [0, 0.1) is 10.1 Å². The lowest BCUT2D eigenvalue weighted by molar-refractivity contribution is -0.384. The van der Waals surface area contributed by atoms with Crippen molar-refractivity contribution in [2.75, 3.05) is 5.32 Å². The summed E-state index contributed by atoms with van der Waals surface area (Å²) in [5.74, 6) is 0. The van der Waals surface area contributed by atoms with Gasteiger partial charge in [-0.25, -0.2) is 0 Å². The highest BCUT2D eigenvalue weighted by Crippen LogP contribution is 2.32. The predicted octanol–water partition coefficient (Wildman–Crippen LogP) is 3.62. The third-order valence-corrected chi connectivity index (χ3v) is 2.79. The van der Waals surface area contributed by atoms with Crippen LogP contribution in [0.1, 0.15) is 11.1 Å². The third kappa shape index (κ3) is 3.47. The van der Waals surface area contributed by atoms with Crippen molar-refractivity contribution >= 4 is 11.4 Å². The minimum atomic E-state index is -4.47. The smallest absolute Gasteiger partial charge is 0.375 e. The summed E-state index contributed by atoms with van der Waals surface area (Å²) in [5, 5.41) is 13.4. The molecular weight excluding hydrogens is 287 g/mol. The molecule has 1 aromatic carbocycles. The predicted molar refractivity (Wildman–Crippen MR) is 69.7 cm³/mol. The van der Waals surface area contributed by atoms with Crippen molar-refractivity contribution in [2.45, 2.75) is 12.7 Å². The fraction of sp³-hybridized carbons (Fsp3) is 0.154. The van der Waals surface area contributed by atoms with Gasteiger partial charge in [0, 0.05) is 12.7 Å². The van der Waals surface area contributed by atoms with E-state index in [1.165, 1.54) is 30.5 Å². The molecule has 1 N–H and O–H groups in total. The Kier molecular flexibility index (Phi) is 4.06. The van der Waals surface area contributed by atoms with Crippen molar-refractivity contribution in [3.63, 3.8) is 0 Å². The summed E-state index contributed by atoms with van der Waals surface area (Å²) >= 11 is 0. The lowest BCUT2D eigenvalue weighted by atomic mass is 10.1. The van der Waals surface area contributed by atoms with Crippen molar-refractivity contribution in [2.24, 2.45) is 0 Å². The Morgan fingerprint density at radius 2 is 1.95 bits per heavy atom. The largest absolute Gasteiger partial charge is 0.416 e. The number of hydrogen-bond donors (Lipinski definition) is 1. The van der Waals surface area contributed by atoms with E-state index in [0.717, 1.165) is 12.3 Å². The van der Waals surface area contributed by atoms with Crippen LogP contribution in [0.25, 0.3) is 0 Å². The zero-order valence-corrected chi connectivity index (χ0v) is 10.6. The van der Waals surface area contributed by atoms with Gasteiger partial charge in [-0.2, -0.15) is 13.2 Å². The van der Waals surface area contributed by atoms with Crippen LogP contribution in [0.5, 0.6) is 0 Å². The Bertz CT molecular complexity index is 659. The minimum Gasteiger partial charge on any atom is -0.375 e. The molecule has 0 bridgehead atoms. The average molecular weight is 297 g/mol. The van der Waals surface area contributed by atoms with Gasteiger partial charge in [0.25, 0.3) is 0 Å². The third-order valence-electron chi connectivity index (χ3n) is 2.79. The van der Waals surface area contributed by atoms with Gasteiger partial charge >= 0.3 is 11.9 Å². The van der Waals surface area contributed by atoms with Gasteiger partial charge in [0.1, 0.15) is 11.9 Å². The molecule has 110 valence electrons. The number of alkyl halides is 3. The second-order valence-corrected chi connectivity index (χ2v) is 4.16. The summed E-state index contributed by atoms with van der Waals surface area (Å²) in [6.07, 6.45) is -2.11. The van der Waals surface area contributed by atoms with Gasteiger partial charge in [-0.15, -0.1) is 0 Å². The molecule has 0 fully saturated rings. The number of hydrogen-bond acceptors (Lipinski definition) is 4. The fourth-order valence-corrected chi connectivity index (χ4v) is 1.82. The molecule has 0 atom stereocenters. The second kappa shape index (κ2) is 5.78. The first-order valence-corrected chi connectivity index (χ1v) is 5.87. The summed E-state index contributed by atoms with van der Waals surface area (Å²) in [5.41, 5.74) is -0.931. The quantitative estimate of drug-likeness (QED) is 0.691. The molecule has 0 spiro atoms. The molecular formula is C13H10F3N3O2. The molecule has 8 heteroatoms. The van der Waals surface area contributed by atoms with Gasteiger partial charge in [-0.05, 0) is 17.7 Å². The molecule has 0 amide bonds. The van der Waals surface area contributed by atoms with Crippen LogP contribution in [0.4, 0.5) is 24.5 Å². The average Bonchev–Trinajstić information content (AvgIpc) is 2.44. The number of aromatic nitrogens is 1. The molecule has 2 rings (SSSR count). The normalized spacial score (nSPS) is 11.2. The first-order valence-electron chi connectivity index (χ1n) is 5.87. The molecule has 5 nitrogen and oxygen atoms in total. The maximum atomic E-state index is 12.8. The number of anilines is 1. The van der Waals surface area contributed by atoms with E-state index < -0.39 is 16.7 Å². The van der Waals surface area contributed by atoms with Crippen LogP contribution >= 0.6 is 0 Å². The Morgan fingerprint density at radius 1 is 1.24 bits per heavy atom. The maximum absolute atomic E-state index is 12.8. The van der Waals surface area contributed by atoms with Gasteiger partial charge in [0.05, 0.1) is 10.5 Å². The monoisotopic (exact) mass is 297 g/mol. The highest BCUT2D eigenvalue weighted by atomic mass is 19.4. The lowest BCUT2D eigenvalue weighted by Crippen LogP contribution is -2.12. The van der Waals surface area contributed by atoms with Crippen molar-refractivity contribution in [3.05, 3.63) is 64.0 Å². The van der Waals surface area contributed by atoms with E-state index in [1.807, 2.05) is 0 Å². The summed E-state index contributed by atoms with van der Waals surface area (Å²) in [6, 6.07) is 6.41. The molecule has 0 unspecified atom stereocenters. The molecule has 21 heavy (non-hydrogen) atoms. The number of halogens is 3. The molecule has 0 saturated carbocycles. The topological polar surface area (TPSA) is 68.1 Å². The van der Waals surface area contributed by atoms with E-state index in [2.05, 4.69) is 10.3 Å². The second-order valence-electron chi connectivity index (χ2n) is 4.16. The van der Waals surface area contributed by atoms with E-state index in [-0.39, 0.29) is 23.5 Å². The van der Waals surface area contributed by atoms with Gasteiger partial charge in [-0.3, -0.25) is 15.1 Å². The molecule has 2 aromatic rings. The Labute approximate surface area is 117 Å². The van der Waals surface area contributed by atoms with E-state index in [9.17, 15) is 23.3 Å². The number of benzene rings is 1. The summed E-state index contributed by atoms with van der Waals surface area (Å²) < 4.78 is 38.5. The molecule has 0 aliphatic rings. The zero-order valence-electron chi connectivity index (χ0n) is 10.6. The van der Waals surface area contributed by atoms with Gasteiger partial charge in [0.2, 0.25) is 0 Å². The molecule has 0 aliphatic carbocycles. The number of nitrogens with one attached hydrogen (secondary N) is 1. The van der Waals surface area contributed by atoms with Crippen LogP contribution < -0.4 is 5.32 Å². The van der Waals surface area contributed by atoms with Gasteiger partial charge < -0.3 is 5.32 Å². The van der Waals surface area contributed by atoms with Gasteiger partial charge in [0.15, 0.2) is 0 Å². The molecule has 1 heterocycles. The van der Waals surface area contributed by atoms with Crippen LogP contribution in [-0.2, 0) is 12.7 Å². The Morgan fingerprint density at radius 3 is 2.62 bits per heavy atom. The lowest BCUT2D eigenvalue weighted by Gasteiger charge is -2.13. The van der Waals surface area contributed by atoms with E-state index in [0.29, 0.717) is 0 Å². The van der Waals surface area contributed by atoms with E-state index in [1.54, 1.807) is 0 Å². The molecule has 1 aromatic heterocycles. The van der Waals surface area contributed by atoms with E-state index >= 15 is 0 Å². The molecule has 0 aliphatic heterocycles. The van der Waals surface area contributed by atoms with Crippen molar-refractivity contribution < 1.29 is 18.1 Å². The van der Waals surface area contributed by atoms with Crippen LogP contribution in [-0.4, -0.2) is 9.91 Å². The highest BCUT2D eigenvalue weighted by Gasteiger charge is 2.32. The summed E-state index contributed by atoms with van der Waals surface area (Å²) in [7, 11) is 0.